The SMILES string of the molecule is Cc1cccc(-c2nc3ncccn3c2-c2ccc3ncc(-c4cn[nH]c4)cc3n2)n1. The molecule has 0 aromatic carbocycles. The van der Waals surface area contributed by atoms with Crippen molar-refractivity contribution in [2.24, 2.45) is 0 Å². The fourth-order valence-electron chi connectivity index (χ4n) is 3.69. The van der Waals surface area contributed by atoms with E-state index >= 15 is 0 Å². The van der Waals surface area contributed by atoms with Crippen molar-refractivity contribution in [1.82, 2.24) is 39.5 Å². The summed E-state index contributed by atoms with van der Waals surface area (Å²) in [5.74, 6) is 0.600. The van der Waals surface area contributed by atoms with E-state index in [2.05, 4.69) is 25.1 Å². The van der Waals surface area contributed by atoms with Crippen molar-refractivity contribution >= 4 is 16.8 Å². The number of imidazole rings is 1. The molecule has 0 radical (unpaired) electrons. The molecular formula is C23H16N8. The van der Waals surface area contributed by atoms with E-state index in [0.717, 1.165) is 50.6 Å². The van der Waals surface area contributed by atoms with Crippen molar-refractivity contribution in [1.29, 1.82) is 0 Å². The largest absolute Gasteiger partial charge is 0.285 e. The minimum Gasteiger partial charge on any atom is -0.285 e. The lowest BCUT2D eigenvalue weighted by atomic mass is 10.1. The van der Waals surface area contributed by atoms with Gasteiger partial charge in [0.15, 0.2) is 0 Å². The maximum absolute atomic E-state index is 4.94. The van der Waals surface area contributed by atoms with Gasteiger partial charge in [0.1, 0.15) is 11.4 Å². The van der Waals surface area contributed by atoms with Gasteiger partial charge >= 0.3 is 0 Å². The number of fused-ring (bicyclic) bond motifs is 2. The smallest absolute Gasteiger partial charge is 0.234 e. The van der Waals surface area contributed by atoms with Gasteiger partial charge in [0, 0.05) is 41.6 Å². The number of aryl methyl sites for hydroxylation is 1. The van der Waals surface area contributed by atoms with E-state index in [4.69, 9.17) is 9.97 Å². The van der Waals surface area contributed by atoms with E-state index in [1.165, 1.54) is 0 Å². The van der Waals surface area contributed by atoms with Crippen LogP contribution in [0.4, 0.5) is 0 Å². The predicted molar refractivity (Wildman–Crippen MR) is 117 cm³/mol. The monoisotopic (exact) mass is 404 g/mol. The molecule has 1 N–H and O–H groups in total. The zero-order valence-corrected chi connectivity index (χ0v) is 16.6. The highest BCUT2D eigenvalue weighted by Crippen LogP contribution is 2.31. The van der Waals surface area contributed by atoms with Crippen molar-refractivity contribution in [2.75, 3.05) is 0 Å². The third-order valence-corrected chi connectivity index (χ3v) is 5.15. The van der Waals surface area contributed by atoms with Crippen LogP contribution < -0.4 is 0 Å². The maximum Gasteiger partial charge on any atom is 0.234 e. The number of rotatable bonds is 3. The first-order chi connectivity index (χ1) is 15.3. The van der Waals surface area contributed by atoms with Gasteiger partial charge in [0.2, 0.25) is 5.78 Å². The molecule has 6 aromatic rings. The van der Waals surface area contributed by atoms with Gasteiger partial charge < -0.3 is 0 Å². The molecule has 0 amide bonds. The van der Waals surface area contributed by atoms with Gasteiger partial charge in [-0.05, 0) is 43.3 Å². The van der Waals surface area contributed by atoms with Crippen LogP contribution in [0.5, 0.6) is 0 Å². The lowest BCUT2D eigenvalue weighted by Crippen LogP contribution is -1.95. The second-order valence-corrected chi connectivity index (χ2v) is 7.21. The molecule has 6 heterocycles. The molecule has 148 valence electrons. The third-order valence-electron chi connectivity index (χ3n) is 5.15. The normalized spacial score (nSPS) is 11.4. The zero-order valence-electron chi connectivity index (χ0n) is 16.6. The highest BCUT2D eigenvalue weighted by molar-refractivity contribution is 5.85. The van der Waals surface area contributed by atoms with Crippen molar-refractivity contribution in [3.8, 4) is 33.9 Å². The Labute approximate surface area is 176 Å². The standard InChI is InChI=1S/C23H16N8/c1-14-4-2-5-18(28-14)21-22(31-9-3-8-24-23(31)30-21)19-7-6-17-20(29-19)10-15(11-25-17)16-12-26-27-13-16/h2-13H,1H3,(H,26,27). The van der Waals surface area contributed by atoms with Crippen LogP contribution in [0, 0.1) is 6.92 Å². The van der Waals surface area contributed by atoms with Crippen molar-refractivity contribution in [3.05, 3.63) is 79.1 Å². The van der Waals surface area contributed by atoms with E-state index in [9.17, 15) is 0 Å². The summed E-state index contributed by atoms with van der Waals surface area (Å²) in [5, 5.41) is 6.86. The van der Waals surface area contributed by atoms with Gasteiger partial charge in [-0.1, -0.05) is 6.07 Å². The molecule has 0 aliphatic heterocycles. The second-order valence-electron chi connectivity index (χ2n) is 7.21. The molecular weight excluding hydrogens is 388 g/mol. The topological polar surface area (TPSA) is 97.5 Å². The van der Waals surface area contributed by atoms with Gasteiger partial charge in [-0.15, -0.1) is 0 Å². The number of H-pyrrole nitrogens is 1. The van der Waals surface area contributed by atoms with Crippen LogP contribution in [0.2, 0.25) is 0 Å². The van der Waals surface area contributed by atoms with E-state index in [1.807, 2.05) is 72.4 Å². The van der Waals surface area contributed by atoms with Gasteiger partial charge in [-0.2, -0.15) is 5.10 Å². The lowest BCUT2D eigenvalue weighted by molar-refractivity contribution is 1.09. The van der Waals surface area contributed by atoms with Crippen LogP contribution in [0.1, 0.15) is 5.69 Å². The Hall–Kier alpha value is -4.46. The number of pyridine rings is 3. The van der Waals surface area contributed by atoms with Crippen LogP contribution in [-0.2, 0) is 0 Å². The summed E-state index contributed by atoms with van der Waals surface area (Å²) in [6.07, 6.45) is 9.11. The van der Waals surface area contributed by atoms with Crippen molar-refractivity contribution in [3.63, 3.8) is 0 Å². The molecule has 6 rings (SSSR count). The number of nitrogens with one attached hydrogen (secondary N) is 1. The fraction of sp³-hybridized carbons (Fsp3) is 0.0435. The van der Waals surface area contributed by atoms with Crippen molar-refractivity contribution < 1.29 is 0 Å². The van der Waals surface area contributed by atoms with Crippen LogP contribution in [0.15, 0.2) is 73.4 Å². The van der Waals surface area contributed by atoms with E-state index in [1.54, 1.807) is 12.4 Å². The highest BCUT2D eigenvalue weighted by Gasteiger charge is 2.19. The summed E-state index contributed by atoms with van der Waals surface area (Å²) in [6.45, 7) is 1.97. The Morgan fingerprint density at radius 1 is 0.839 bits per heavy atom. The minimum atomic E-state index is 0.600. The van der Waals surface area contributed by atoms with Crippen LogP contribution in [0.3, 0.4) is 0 Å². The van der Waals surface area contributed by atoms with Gasteiger partial charge in [-0.25, -0.2) is 15.0 Å². The number of aromatic amines is 1. The average Bonchev–Trinajstić information content (AvgIpc) is 3.47. The molecule has 0 bridgehead atoms. The maximum atomic E-state index is 4.94. The lowest BCUT2D eigenvalue weighted by Gasteiger charge is -2.07. The number of hydrogen-bond donors (Lipinski definition) is 1. The summed E-state index contributed by atoms with van der Waals surface area (Å²) in [7, 11) is 0. The fourth-order valence-corrected chi connectivity index (χ4v) is 3.69. The number of nitrogens with zero attached hydrogens (tertiary/aromatic N) is 7. The third kappa shape index (κ3) is 2.93. The van der Waals surface area contributed by atoms with E-state index in [-0.39, 0.29) is 0 Å². The molecule has 0 aliphatic rings. The first kappa shape index (κ1) is 17.4. The molecule has 0 atom stereocenters. The summed E-state index contributed by atoms with van der Waals surface area (Å²) in [5.41, 5.74) is 7.59. The molecule has 6 aromatic heterocycles. The predicted octanol–water partition coefficient (Wildman–Crippen LogP) is 4.10. The second kappa shape index (κ2) is 6.81. The van der Waals surface area contributed by atoms with Crippen molar-refractivity contribution in [2.45, 2.75) is 6.92 Å². The summed E-state index contributed by atoms with van der Waals surface area (Å²) >= 11 is 0. The Morgan fingerprint density at radius 3 is 2.68 bits per heavy atom. The molecule has 0 saturated carbocycles. The summed E-state index contributed by atoms with van der Waals surface area (Å²) in [6, 6.07) is 13.7. The average molecular weight is 404 g/mol. The van der Waals surface area contributed by atoms with E-state index in [0.29, 0.717) is 5.78 Å². The molecule has 8 heteroatoms. The zero-order chi connectivity index (χ0) is 20.8. The van der Waals surface area contributed by atoms with Crippen LogP contribution in [0.25, 0.3) is 50.7 Å². The van der Waals surface area contributed by atoms with Gasteiger partial charge in [0.25, 0.3) is 0 Å². The van der Waals surface area contributed by atoms with Gasteiger partial charge in [-0.3, -0.25) is 19.5 Å². The minimum absolute atomic E-state index is 0.600. The summed E-state index contributed by atoms with van der Waals surface area (Å²) in [4.78, 5) is 23.4. The van der Waals surface area contributed by atoms with E-state index < -0.39 is 0 Å². The van der Waals surface area contributed by atoms with Crippen LogP contribution >= 0.6 is 0 Å². The first-order valence-corrected chi connectivity index (χ1v) is 9.80. The molecule has 0 spiro atoms. The molecule has 8 nitrogen and oxygen atoms in total. The van der Waals surface area contributed by atoms with Crippen LogP contribution in [-0.4, -0.2) is 39.5 Å². The Morgan fingerprint density at radius 2 is 1.81 bits per heavy atom. The molecule has 31 heavy (non-hydrogen) atoms. The number of hydrogen-bond acceptors (Lipinski definition) is 6. The van der Waals surface area contributed by atoms with Gasteiger partial charge in [0.05, 0.1) is 28.6 Å². The molecule has 0 fully saturated rings. The Balaban J connectivity index is 1.60. The molecule has 0 aliphatic carbocycles. The molecule has 0 saturated heterocycles. The summed E-state index contributed by atoms with van der Waals surface area (Å²) < 4.78 is 1.95. The molecule has 0 unspecified atom stereocenters. The first-order valence-electron chi connectivity index (χ1n) is 9.80. The quantitative estimate of drug-likeness (QED) is 0.477. The number of aromatic nitrogens is 8. The highest BCUT2D eigenvalue weighted by atomic mass is 15.1. The Bertz CT molecular complexity index is 1550. The Kier molecular flexibility index (Phi) is 3.82.